The van der Waals surface area contributed by atoms with Gasteiger partial charge in [-0.3, -0.25) is 4.99 Å². The van der Waals surface area contributed by atoms with E-state index in [0.29, 0.717) is 0 Å². The van der Waals surface area contributed by atoms with Crippen molar-refractivity contribution in [3.63, 3.8) is 0 Å². The van der Waals surface area contributed by atoms with Gasteiger partial charge in [0.1, 0.15) is 0 Å². The van der Waals surface area contributed by atoms with E-state index in [0.717, 1.165) is 18.9 Å². The van der Waals surface area contributed by atoms with E-state index >= 15 is 0 Å². The number of hydrogen-bond donors (Lipinski definition) is 0. The number of unbranched alkanes of at least 4 members (excludes halogenated alkanes) is 1. The van der Waals surface area contributed by atoms with Gasteiger partial charge in [-0.05, 0) is 25.0 Å². The lowest BCUT2D eigenvalue weighted by molar-refractivity contribution is 0.343. The molecule has 1 fully saturated rings. The largest absolute Gasteiger partial charge is 0.298 e. The number of hydrogen-bond acceptors (Lipinski definition) is 1. The molecule has 0 N–H and O–H groups in total. The minimum Gasteiger partial charge on any atom is -0.298 e. The minimum atomic E-state index is 0.993. The molecule has 1 nitrogen and oxygen atoms in total. The van der Waals surface area contributed by atoms with Crippen molar-refractivity contribution in [3.05, 3.63) is 0 Å². The molecular weight excluding hydrogens is 158 g/mol. The van der Waals surface area contributed by atoms with Crippen LogP contribution < -0.4 is 0 Å². The Hall–Kier alpha value is -0.330. The van der Waals surface area contributed by atoms with E-state index in [9.17, 15) is 0 Å². The molecule has 0 saturated heterocycles. The molecule has 0 aliphatic heterocycles. The molecule has 1 aliphatic rings. The van der Waals surface area contributed by atoms with Gasteiger partial charge in [0, 0.05) is 6.54 Å². The molecule has 0 aromatic rings. The van der Waals surface area contributed by atoms with E-state index in [1.165, 1.54) is 44.9 Å². The molecule has 1 saturated carbocycles. The summed E-state index contributed by atoms with van der Waals surface area (Å²) in [6, 6.07) is 0. The first kappa shape index (κ1) is 10.7. The van der Waals surface area contributed by atoms with Crippen LogP contribution in [0.3, 0.4) is 0 Å². The fraction of sp³-hybridized carbons (Fsp3) is 0.917. The maximum atomic E-state index is 4.43. The lowest BCUT2D eigenvalue weighted by atomic mass is 9.87. The van der Waals surface area contributed by atoms with E-state index in [1.54, 1.807) is 0 Å². The summed E-state index contributed by atoms with van der Waals surface area (Å²) in [6.45, 7) is 3.28. The molecule has 0 bridgehead atoms. The molecule has 0 aromatic heterocycles. The van der Waals surface area contributed by atoms with Gasteiger partial charge in [0.15, 0.2) is 0 Å². The van der Waals surface area contributed by atoms with E-state index in [1.807, 2.05) is 0 Å². The lowest BCUT2D eigenvalue weighted by Crippen LogP contribution is -2.07. The van der Waals surface area contributed by atoms with Gasteiger partial charge in [0.25, 0.3) is 0 Å². The third-order valence-electron chi connectivity index (χ3n) is 2.94. The second-order valence-electron chi connectivity index (χ2n) is 4.17. The summed E-state index contributed by atoms with van der Waals surface area (Å²) in [5.41, 5.74) is 0. The molecule has 0 amide bonds. The van der Waals surface area contributed by atoms with Crippen LogP contribution in [0.25, 0.3) is 0 Å². The smallest absolute Gasteiger partial charge is 0.0388 e. The Labute approximate surface area is 82.6 Å². The van der Waals surface area contributed by atoms with E-state index < -0.39 is 0 Å². The van der Waals surface area contributed by atoms with E-state index in [2.05, 4.69) is 18.1 Å². The topological polar surface area (TPSA) is 12.4 Å². The number of nitrogens with zero attached hydrogens (tertiary/aromatic N) is 1. The van der Waals surface area contributed by atoms with Crippen LogP contribution in [0.2, 0.25) is 0 Å². The average Bonchev–Trinajstić information content (AvgIpc) is 2.19. The second kappa shape index (κ2) is 7.11. The number of aliphatic imine (C=N–C) groups is 1. The first-order valence-corrected chi connectivity index (χ1v) is 5.91. The van der Waals surface area contributed by atoms with E-state index in [-0.39, 0.29) is 0 Å². The summed E-state index contributed by atoms with van der Waals surface area (Å²) in [5, 5.41) is 0. The Morgan fingerprint density at radius 3 is 2.69 bits per heavy atom. The highest BCUT2D eigenvalue weighted by atomic mass is 14.7. The fourth-order valence-electron chi connectivity index (χ4n) is 2.04. The third kappa shape index (κ3) is 5.07. The van der Waals surface area contributed by atoms with Crippen molar-refractivity contribution in [1.29, 1.82) is 0 Å². The summed E-state index contributed by atoms with van der Waals surface area (Å²) >= 11 is 0. The van der Waals surface area contributed by atoms with Crippen LogP contribution in [0.1, 0.15) is 58.3 Å². The van der Waals surface area contributed by atoms with E-state index in [4.69, 9.17) is 0 Å². The standard InChI is InChI=1S/C12H23N/c1-2-3-10-13-11-9-12-7-5-4-6-8-12/h10,12H,2-9,11H2,1H3. The van der Waals surface area contributed by atoms with Crippen LogP contribution in [0.5, 0.6) is 0 Å². The van der Waals surface area contributed by atoms with Crippen molar-refractivity contribution >= 4 is 6.21 Å². The molecule has 0 spiro atoms. The normalized spacial score (nSPS) is 19.8. The van der Waals surface area contributed by atoms with Gasteiger partial charge < -0.3 is 0 Å². The van der Waals surface area contributed by atoms with Crippen LogP contribution in [0.4, 0.5) is 0 Å². The first-order valence-electron chi connectivity index (χ1n) is 5.91. The van der Waals surface area contributed by atoms with Gasteiger partial charge >= 0.3 is 0 Å². The fourth-order valence-corrected chi connectivity index (χ4v) is 2.04. The van der Waals surface area contributed by atoms with Crippen molar-refractivity contribution < 1.29 is 0 Å². The Morgan fingerprint density at radius 2 is 2.00 bits per heavy atom. The number of rotatable bonds is 5. The van der Waals surface area contributed by atoms with Crippen molar-refractivity contribution in [2.45, 2.75) is 58.3 Å². The Morgan fingerprint density at radius 1 is 1.23 bits per heavy atom. The third-order valence-corrected chi connectivity index (χ3v) is 2.94. The molecule has 13 heavy (non-hydrogen) atoms. The Kier molecular flexibility index (Phi) is 5.88. The highest BCUT2D eigenvalue weighted by Gasteiger charge is 2.11. The molecule has 1 heteroatoms. The highest BCUT2D eigenvalue weighted by Crippen LogP contribution is 2.25. The summed E-state index contributed by atoms with van der Waals surface area (Å²) in [5.74, 6) is 0.993. The lowest BCUT2D eigenvalue weighted by Gasteiger charge is -2.20. The molecule has 76 valence electrons. The van der Waals surface area contributed by atoms with Gasteiger partial charge in [-0.15, -0.1) is 0 Å². The van der Waals surface area contributed by atoms with Crippen LogP contribution in [0, 0.1) is 5.92 Å². The Balaban J connectivity index is 1.97. The quantitative estimate of drug-likeness (QED) is 0.572. The van der Waals surface area contributed by atoms with Crippen LogP contribution in [0.15, 0.2) is 4.99 Å². The van der Waals surface area contributed by atoms with Crippen molar-refractivity contribution in [3.8, 4) is 0 Å². The van der Waals surface area contributed by atoms with Gasteiger partial charge in [-0.1, -0.05) is 45.4 Å². The molecular formula is C12H23N. The monoisotopic (exact) mass is 181 g/mol. The van der Waals surface area contributed by atoms with Gasteiger partial charge in [-0.2, -0.15) is 0 Å². The van der Waals surface area contributed by atoms with Crippen molar-refractivity contribution in [2.75, 3.05) is 6.54 Å². The Bertz CT molecular complexity index is 134. The van der Waals surface area contributed by atoms with Crippen molar-refractivity contribution in [1.82, 2.24) is 0 Å². The van der Waals surface area contributed by atoms with Gasteiger partial charge in [0.2, 0.25) is 0 Å². The molecule has 0 radical (unpaired) electrons. The highest BCUT2D eigenvalue weighted by molar-refractivity contribution is 5.56. The molecule has 0 heterocycles. The van der Waals surface area contributed by atoms with Crippen LogP contribution in [-0.2, 0) is 0 Å². The molecule has 1 aliphatic carbocycles. The minimum absolute atomic E-state index is 0.993. The van der Waals surface area contributed by atoms with Crippen LogP contribution in [-0.4, -0.2) is 12.8 Å². The summed E-state index contributed by atoms with van der Waals surface area (Å²) in [7, 11) is 0. The summed E-state index contributed by atoms with van der Waals surface area (Å²) in [4.78, 5) is 4.43. The molecule has 0 atom stereocenters. The van der Waals surface area contributed by atoms with Gasteiger partial charge in [-0.25, -0.2) is 0 Å². The second-order valence-corrected chi connectivity index (χ2v) is 4.17. The predicted octanol–water partition coefficient (Wildman–Crippen LogP) is 3.83. The molecule has 0 unspecified atom stereocenters. The SMILES string of the molecule is CCCC=NCCC1CCCCC1. The average molecular weight is 181 g/mol. The predicted molar refractivity (Wildman–Crippen MR) is 59.5 cm³/mol. The van der Waals surface area contributed by atoms with Gasteiger partial charge in [0.05, 0.1) is 0 Å². The molecule has 1 rings (SSSR count). The van der Waals surface area contributed by atoms with Crippen molar-refractivity contribution in [2.24, 2.45) is 10.9 Å². The zero-order valence-electron chi connectivity index (χ0n) is 8.97. The molecule has 0 aromatic carbocycles. The van der Waals surface area contributed by atoms with Crippen LogP contribution >= 0.6 is 0 Å². The maximum absolute atomic E-state index is 4.43. The zero-order valence-corrected chi connectivity index (χ0v) is 8.97. The summed E-state index contributed by atoms with van der Waals surface area (Å²) in [6.07, 6.45) is 13.1. The maximum Gasteiger partial charge on any atom is 0.0388 e. The first-order chi connectivity index (χ1) is 6.43. The zero-order chi connectivity index (χ0) is 9.36. The summed E-state index contributed by atoms with van der Waals surface area (Å²) < 4.78 is 0.